The number of sulfone groups is 1. The largest absolute Gasteiger partial charge is 0.481 e. The van der Waals surface area contributed by atoms with Crippen LogP contribution in [0.2, 0.25) is 5.02 Å². The van der Waals surface area contributed by atoms with Crippen LogP contribution in [-0.2, 0) is 20.4 Å². The number of anilines is 1. The van der Waals surface area contributed by atoms with Gasteiger partial charge in [0.1, 0.15) is 5.03 Å². The Hall–Kier alpha value is -1.80. The highest BCUT2D eigenvalue weighted by Gasteiger charge is 2.24. The van der Waals surface area contributed by atoms with Gasteiger partial charge in [0.05, 0.1) is 24.7 Å². The first-order chi connectivity index (χ1) is 12.2. The van der Waals surface area contributed by atoms with Crippen LogP contribution in [0.4, 0.5) is 5.69 Å². The lowest BCUT2D eigenvalue weighted by Gasteiger charge is -2.08. The van der Waals surface area contributed by atoms with Crippen molar-refractivity contribution >= 4 is 56.2 Å². The number of hydrogen-bond donors (Lipinski definition) is 1. The molecule has 138 valence electrons. The topological polar surface area (TPSA) is 85.4 Å². The molecule has 2 aromatic rings. The molecular weight excluding hydrogens is 423 g/mol. The number of halogens is 3. The van der Waals surface area contributed by atoms with E-state index < -0.39 is 30.9 Å². The molecule has 2 rings (SSSR count). The Morgan fingerprint density at radius 3 is 2.35 bits per heavy atom. The Morgan fingerprint density at radius 2 is 1.81 bits per heavy atom. The summed E-state index contributed by atoms with van der Waals surface area (Å²) in [6.45, 7) is 0. The van der Waals surface area contributed by atoms with E-state index >= 15 is 0 Å². The number of nitrogens with one attached hydrogen (secondary N) is 1. The average molecular weight is 436 g/mol. The van der Waals surface area contributed by atoms with Crippen LogP contribution in [0.15, 0.2) is 52.0 Å². The van der Waals surface area contributed by atoms with E-state index in [0.717, 1.165) is 0 Å². The van der Waals surface area contributed by atoms with Crippen molar-refractivity contribution in [2.75, 3.05) is 12.4 Å². The molecule has 1 aromatic heterocycles. The van der Waals surface area contributed by atoms with E-state index in [2.05, 4.69) is 10.3 Å². The van der Waals surface area contributed by atoms with Gasteiger partial charge in [-0.25, -0.2) is 13.4 Å². The van der Waals surface area contributed by atoms with Crippen LogP contribution in [0.1, 0.15) is 5.56 Å². The second-order valence-corrected chi connectivity index (χ2v) is 8.36. The summed E-state index contributed by atoms with van der Waals surface area (Å²) in [6, 6.07) is 9.22. The van der Waals surface area contributed by atoms with E-state index in [4.69, 9.17) is 39.5 Å². The summed E-state index contributed by atoms with van der Waals surface area (Å²) in [6.07, 6.45) is 1.33. The first kappa shape index (κ1) is 20.5. The summed E-state index contributed by atoms with van der Waals surface area (Å²) in [5.74, 6) is -0.937. The molecule has 1 amide bonds. The molecule has 0 radical (unpaired) electrons. The van der Waals surface area contributed by atoms with Crippen molar-refractivity contribution in [1.82, 2.24) is 4.98 Å². The standard InChI is InChI=1S/C16H13Cl3N2O4S/c1-25-13-7-6-12(8-20-13)21-16(22)14(18)15(19)26(23,24)9-10-2-4-11(17)5-3-10/h2-8H,9H2,1H3,(H,21,22). The number of rotatable bonds is 6. The van der Waals surface area contributed by atoms with Gasteiger partial charge in [0, 0.05) is 11.1 Å². The maximum Gasteiger partial charge on any atom is 0.269 e. The molecule has 0 unspecified atom stereocenters. The number of benzene rings is 1. The lowest BCUT2D eigenvalue weighted by Crippen LogP contribution is -2.15. The number of methoxy groups -OCH3 is 1. The van der Waals surface area contributed by atoms with Crippen LogP contribution < -0.4 is 10.1 Å². The zero-order chi connectivity index (χ0) is 19.3. The molecule has 1 N–H and O–H groups in total. The first-order valence-electron chi connectivity index (χ1n) is 7.07. The van der Waals surface area contributed by atoms with Crippen LogP contribution >= 0.6 is 34.8 Å². The summed E-state index contributed by atoms with van der Waals surface area (Å²) < 4.78 is 28.9. The molecule has 0 aliphatic rings. The van der Waals surface area contributed by atoms with Gasteiger partial charge in [-0.15, -0.1) is 0 Å². The summed E-state index contributed by atoms with van der Waals surface area (Å²) in [5.41, 5.74) is 0.755. The van der Waals surface area contributed by atoms with Gasteiger partial charge < -0.3 is 10.1 Å². The van der Waals surface area contributed by atoms with Gasteiger partial charge in [-0.05, 0) is 23.8 Å². The Kier molecular flexibility index (Phi) is 6.88. The predicted octanol–water partition coefficient (Wildman–Crippen LogP) is 3.94. The second kappa shape index (κ2) is 8.73. The van der Waals surface area contributed by atoms with Gasteiger partial charge in [-0.1, -0.05) is 46.9 Å². The van der Waals surface area contributed by atoms with Crippen molar-refractivity contribution < 1.29 is 17.9 Å². The highest BCUT2D eigenvalue weighted by Crippen LogP contribution is 2.25. The van der Waals surface area contributed by atoms with Crippen LogP contribution in [-0.4, -0.2) is 26.4 Å². The monoisotopic (exact) mass is 434 g/mol. The van der Waals surface area contributed by atoms with E-state index in [0.29, 0.717) is 22.2 Å². The van der Waals surface area contributed by atoms with Gasteiger partial charge in [0.25, 0.3) is 5.91 Å². The van der Waals surface area contributed by atoms with Gasteiger partial charge >= 0.3 is 0 Å². The van der Waals surface area contributed by atoms with E-state index in [1.807, 2.05) is 0 Å². The third-order valence-electron chi connectivity index (χ3n) is 3.12. The third-order valence-corrected chi connectivity index (χ3v) is 6.30. The Bertz CT molecular complexity index is 927. The fourth-order valence-corrected chi connectivity index (χ4v) is 3.75. The summed E-state index contributed by atoms with van der Waals surface area (Å²) in [4.78, 5) is 16.0. The van der Waals surface area contributed by atoms with Gasteiger partial charge in [-0.3, -0.25) is 4.79 Å². The minimum Gasteiger partial charge on any atom is -0.481 e. The van der Waals surface area contributed by atoms with E-state index in [1.54, 1.807) is 24.3 Å². The molecular formula is C16H13Cl3N2O4S. The molecule has 0 aliphatic heterocycles. The van der Waals surface area contributed by atoms with Crippen LogP contribution in [0.3, 0.4) is 0 Å². The first-order valence-corrected chi connectivity index (χ1v) is 9.85. The molecule has 0 atom stereocenters. The number of aromatic nitrogens is 1. The van der Waals surface area contributed by atoms with Gasteiger partial charge in [-0.2, -0.15) is 0 Å². The minimum atomic E-state index is -4.00. The zero-order valence-electron chi connectivity index (χ0n) is 13.4. The van der Waals surface area contributed by atoms with Crippen molar-refractivity contribution in [2.45, 2.75) is 5.75 Å². The normalized spacial score (nSPS) is 12.3. The molecule has 26 heavy (non-hydrogen) atoms. The zero-order valence-corrected chi connectivity index (χ0v) is 16.5. The fourth-order valence-electron chi connectivity index (χ4n) is 1.85. The Labute approximate surface area is 165 Å². The highest BCUT2D eigenvalue weighted by molar-refractivity contribution is 7.96. The molecule has 0 fully saturated rings. The van der Waals surface area contributed by atoms with Crippen LogP contribution in [0, 0.1) is 0 Å². The van der Waals surface area contributed by atoms with E-state index in [9.17, 15) is 13.2 Å². The van der Waals surface area contributed by atoms with E-state index in [1.165, 1.54) is 25.4 Å². The minimum absolute atomic E-state index is 0.300. The smallest absolute Gasteiger partial charge is 0.269 e. The second-order valence-electron chi connectivity index (χ2n) is 5.02. The number of amides is 1. The predicted molar refractivity (Wildman–Crippen MR) is 102 cm³/mol. The lowest BCUT2D eigenvalue weighted by atomic mass is 10.2. The fraction of sp³-hybridized carbons (Fsp3) is 0.125. The van der Waals surface area contributed by atoms with Crippen molar-refractivity contribution in [1.29, 1.82) is 0 Å². The van der Waals surface area contributed by atoms with Crippen LogP contribution in [0.5, 0.6) is 5.88 Å². The third kappa shape index (κ3) is 5.35. The number of carbonyl (C=O) groups is 1. The molecule has 1 heterocycles. The summed E-state index contributed by atoms with van der Waals surface area (Å²) >= 11 is 17.5. The molecule has 0 spiro atoms. The molecule has 0 aliphatic carbocycles. The van der Waals surface area contributed by atoms with Crippen molar-refractivity contribution in [3.63, 3.8) is 0 Å². The summed E-state index contributed by atoms with van der Waals surface area (Å²) in [7, 11) is -2.55. The molecule has 6 nitrogen and oxygen atoms in total. The number of pyridine rings is 1. The maximum absolute atomic E-state index is 12.4. The number of hydrogen-bond acceptors (Lipinski definition) is 5. The highest BCUT2D eigenvalue weighted by atomic mass is 35.5. The van der Waals surface area contributed by atoms with E-state index in [-0.39, 0.29) is 0 Å². The number of carbonyl (C=O) groups excluding carboxylic acids is 1. The van der Waals surface area contributed by atoms with Crippen molar-refractivity contribution in [2.24, 2.45) is 0 Å². The number of ether oxygens (including phenoxy) is 1. The van der Waals surface area contributed by atoms with Crippen molar-refractivity contribution in [3.05, 3.63) is 62.6 Å². The molecule has 0 saturated heterocycles. The molecule has 1 aromatic carbocycles. The Morgan fingerprint density at radius 1 is 1.15 bits per heavy atom. The Balaban J connectivity index is 2.16. The van der Waals surface area contributed by atoms with Crippen LogP contribution in [0.25, 0.3) is 0 Å². The molecule has 0 bridgehead atoms. The molecule has 0 saturated carbocycles. The lowest BCUT2D eigenvalue weighted by molar-refractivity contribution is -0.112. The van der Waals surface area contributed by atoms with Gasteiger partial charge in [0.2, 0.25) is 5.88 Å². The van der Waals surface area contributed by atoms with Crippen molar-refractivity contribution in [3.8, 4) is 5.88 Å². The molecule has 10 heteroatoms. The SMILES string of the molecule is COc1ccc(NC(=O)C(Cl)=C(Cl)S(=O)(=O)Cc2ccc(Cl)cc2)cn1. The maximum atomic E-state index is 12.4. The number of nitrogens with zero attached hydrogens (tertiary/aromatic N) is 1. The van der Waals surface area contributed by atoms with Gasteiger partial charge in [0.15, 0.2) is 14.2 Å². The summed E-state index contributed by atoms with van der Waals surface area (Å²) in [5, 5.41) is 2.23. The average Bonchev–Trinajstić information content (AvgIpc) is 2.62. The quantitative estimate of drug-likeness (QED) is 0.695.